The van der Waals surface area contributed by atoms with Crippen molar-refractivity contribution in [3.8, 4) is 5.75 Å². The van der Waals surface area contributed by atoms with E-state index in [0.29, 0.717) is 25.1 Å². The van der Waals surface area contributed by atoms with Crippen molar-refractivity contribution in [1.82, 2.24) is 9.88 Å². The third-order valence-corrected chi connectivity index (χ3v) is 4.89. The minimum Gasteiger partial charge on any atom is -0.497 e. The zero-order valence-corrected chi connectivity index (χ0v) is 14.7. The molecule has 0 spiro atoms. The molecule has 6 heteroatoms. The minimum absolute atomic E-state index is 0.0153. The van der Waals surface area contributed by atoms with E-state index in [9.17, 15) is 14.7 Å². The van der Waals surface area contributed by atoms with Gasteiger partial charge in [-0.3, -0.25) is 14.6 Å². The van der Waals surface area contributed by atoms with Crippen LogP contribution < -0.4 is 4.74 Å². The fourth-order valence-electron chi connectivity index (χ4n) is 3.43. The minimum atomic E-state index is -0.873. The Hall–Kier alpha value is -2.89. The van der Waals surface area contributed by atoms with E-state index in [1.807, 2.05) is 36.4 Å². The molecule has 0 saturated carbocycles. The topological polar surface area (TPSA) is 79.7 Å². The largest absolute Gasteiger partial charge is 0.497 e. The Balaban J connectivity index is 1.70. The van der Waals surface area contributed by atoms with Gasteiger partial charge in [0.25, 0.3) is 0 Å². The zero-order chi connectivity index (χ0) is 18.5. The van der Waals surface area contributed by atoms with E-state index in [1.54, 1.807) is 24.4 Å². The Kier molecular flexibility index (Phi) is 5.51. The van der Waals surface area contributed by atoms with Crippen molar-refractivity contribution in [3.63, 3.8) is 0 Å². The van der Waals surface area contributed by atoms with Gasteiger partial charge in [0.15, 0.2) is 0 Å². The number of carboxylic acid groups (broad SMARTS) is 1. The van der Waals surface area contributed by atoms with Crippen LogP contribution in [0.2, 0.25) is 0 Å². The number of aliphatic carboxylic acids is 1. The van der Waals surface area contributed by atoms with Crippen LogP contribution >= 0.6 is 0 Å². The lowest BCUT2D eigenvalue weighted by Gasteiger charge is -2.17. The molecule has 136 valence electrons. The van der Waals surface area contributed by atoms with Gasteiger partial charge in [0.2, 0.25) is 5.91 Å². The molecule has 3 rings (SSSR count). The summed E-state index contributed by atoms with van der Waals surface area (Å²) in [5, 5.41) is 9.60. The molecule has 1 aliphatic rings. The number of nitrogens with zero attached hydrogens (tertiary/aromatic N) is 2. The molecule has 0 bridgehead atoms. The average Bonchev–Trinajstić information content (AvgIpc) is 3.13. The van der Waals surface area contributed by atoms with E-state index >= 15 is 0 Å². The maximum Gasteiger partial charge on any atom is 0.308 e. The van der Waals surface area contributed by atoms with Crippen LogP contribution in [0.25, 0.3) is 0 Å². The van der Waals surface area contributed by atoms with E-state index < -0.39 is 11.9 Å². The van der Waals surface area contributed by atoms with Gasteiger partial charge in [-0.25, -0.2) is 0 Å². The number of hydrogen-bond donors (Lipinski definition) is 1. The predicted octanol–water partition coefficient (Wildman–Crippen LogP) is 2.35. The number of amides is 1. The number of pyridine rings is 1. The van der Waals surface area contributed by atoms with Crippen LogP contribution in [0.15, 0.2) is 48.8 Å². The van der Waals surface area contributed by atoms with Crippen molar-refractivity contribution in [2.45, 2.75) is 18.8 Å². The summed E-state index contributed by atoms with van der Waals surface area (Å²) in [6.07, 6.45) is 4.39. The van der Waals surface area contributed by atoms with Crippen molar-refractivity contribution < 1.29 is 19.4 Å². The Morgan fingerprint density at radius 3 is 2.69 bits per heavy atom. The van der Waals surface area contributed by atoms with Crippen LogP contribution in [0, 0.1) is 5.92 Å². The molecule has 1 aliphatic heterocycles. The lowest BCUT2D eigenvalue weighted by molar-refractivity contribution is -0.141. The van der Waals surface area contributed by atoms with Gasteiger partial charge in [0, 0.05) is 37.8 Å². The van der Waals surface area contributed by atoms with Crippen molar-refractivity contribution in [1.29, 1.82) is 0 Å². The smallest absolute Gasteiger partial charge is 0.308 e. The second-order valence-corrected chi connectivity index (χ2v) is 6.48. The van der Waals surface area contributed by atoms with Gasteiger partial charge in [-0.15, -0.1) is 0 Å². The van der Waals surface area contributed by atoms with Gasteiger partial charge in [-0.1, -0.05) is 12.1 Å². The van der Waals surface area contributed by atoms with E-state index in [1.165, 1.54) is 0 Å². The van der Waals surface area contributed by atoms with Gasteiger partial charge in [0.05, 0.1) is 13.0 Å². The fourth-order valence-corrected chi connectivity index (χ4v) is 3.43. The molecule has 0 aliphatic carbocycles. The first kappa shape index (κ1) is 17.9. The Morgan fingerprint density at radius 1 is 1.23 bits per heavy atom. The molecule has 0 unspecified atom stereocenters. The predicted molar refractivity (Wildman–Crippen MR) is 96.0 cm³/mol. The van der Waals surface area contributed by atoms with Crippen LogP contribution in [-0.2, 0) is 16.0 Å². The van der Waals surface area contributed by atoms with Crippen molar-refractivity contribution in [3.05, 3.63) is 59.9 Å². The number of ether oxygens (including phenoxy) is 1. The van der Waals surface area contributed by atoms with Crippen LogP contribution in [0.1, 0.15) is 23.5 Å². The number of carbonyl (C=O) groups excluding carboxylic acids is 1. The lowest BCUT2D eigenvalue weighted by atomic mass is 9.89. The number of likely N-dealkylation sites (tertiary alicyclic amines) is 1. The van der Waals surface area contributed by atoms with Gasteiger partial charge in [-0.2, -0.15) is 0 Å². The van der Waals surface area contributed by atoms with Crippen molar-refractivity contribution >= 4 is 11.9 Å². The highest BCUT2D eigenvalue weighted by Gasteiger charge is 2.40. The summed E-state index contributed by atoms with van der Waals surface area (Å²) >= 11 is 0. The van der Waals surface area contributed by atoms with Crippen LogP contribution in [0.3, 0.4) is 0 Å². The van der Waals surface area contributed by atoms with Gasteiger partial charge >= 0.3 is 5.97 Å². The SMILES string of the molecule is COc1cccc([C@@H]2CN(C(=O)CCc3ccncc3)C[C@H]2C(=O)O)c1. The third kappa shape index (κ3) is 4.02. The molecule has 2 atom stereocenters. The number of rotatable bonds is 6. The van der Waals surface area contributed by atoms with E-state index in [4.69, 9.17) is 4.74 Å². The molecule has 26 heavy (non-hydrogen) atoms. The molecule has 2 heterocycles. The number of aromatic nitrogens is 1. The highest BCUT2D eigenvalue weighted by atomic mass is 16.5. The zero-order valence-electron chi connectivity index (χ0n) is 14.7. The first-order chi connectivity index (χ1) is 12.6. The summed E-state index contributed by atoms with van der Waals surface area (Å²) in [7, 11) is 1.58. The second-order valence-electron chi connectivity index (χ2n) is 6.48. The van der Waals surface area contributed by atoms with Crippen LogP contribution in [0.4, 0.5) is 0 Å². The maximum absolute atomic E-state index is 12.6. The number of methoxy groups -OCH3 is 1. The highest BCUT2D eigenvalue weighted by molar-refractivity contribution is 5.80. The van der Waals surface area contributed by atoms with Crippen LogP contribution in [0.5, 0.6) is 5.75 Å². The first-order valence-corrected chi connectivity index (χ1v) is 8.62. The summed E-state index contributed by atoms with van der Waals surface area (Å²) in [6.45, 7) is 0.658. The number of hydrogen-bond acceptors (Lipinski definition) is 4. The quantitative estimate of drug-likeness (QED) is 0.861. The Bertz CT molecular complexity index is 778. The van der Waals surface area contributed by atoms with Gasteiger partial charge in [0.1, 0.15) is 5.75 Å². The molecular weight excluding hydrogens is 332 g/mol. The van der Waals surface area contributed by atoms with Crippen molar-refractivity contribution in [2.75, 3.05) is 20.2 Å². The van der Waals surface area contributed by atoms with Crippen molar-refractivity contribution in [2.24, 2.45) is 5.92 Å². The summed E-state index contributed by atoms with van der Waals surface area (Å²) in [5.41, 5.74) is 1.94. The number of aryl methyl sites for hydroxylation is 1. The molecule has 1 saturated heterocycles. The molecule has 2 aromatic rings. The Morgan fingerprint density at radius 2 is 2.00 bits per heavy atom. The molecule has 0 radical (unpaired) electrons. The Labute approximate surface area is 152 Å². The maximum atomic E-state index is 12.6. The van der Waals surface area contributed by atoms with E-state index in [2.05, 4.69) is 4.98 Å². The highest BCUT2D eigenvalue weighted by Crippen LogP contribution is 2.34. The summed E-state index contributed by atoms with van der Waals surface area (Å²) in [6, 6.07) is 11.2. The molecule has 1 aromatic carbocycles. The number of carboxylic acids is 1. The molecule has 1 aromatic heterocycles. The second kappa shape index (κ2) is 7.99. The molecular formula is C20H22N2O4. The normalized spacial score (nSPS) is 19.3. The van der Waals surface area contributed by atoms with Crippen LogP contribution in [-0.4, -0.2) is 47.1 Å². The first-order valence-electron chi connectivity index (χ1n) is 8.62. The van der Waals surface area contributed by atoms with Gasteiger partial charge < -0.3 is 14.7 Å². The summed E-state index contributed by atoms with van der Waals surface area (Å²) in [5.74, 6) is -1.03. The summed E-state index contributed by atoms with van der Waals surface area (Å²) in [4.78, 5) is 29.9. The lowest BCUT2D eigenvalue weighted by Crippen LogP contribution is -2.30. The molecule has 1 fully saturated rings. The third-order valence-electron chi connectivity index (χ3n) is 4.89. The fraction of sp³-hybridized carbons (Fsp3) is 0.350. The van der Waals surface area contributed by atoms with E-state index in [0.717, 1.165) is 11.1 Å². The monoisotopic (exact) mass is 354 g/mol. The number of benzene rings is 1. The molecule has 1 amide bonds. The summed E-state index contributed by atoms with van der Waals surface area (Å²) < 4.78 is 5.24. The van der Waals surface area contributed by atoms with Gasteiger partial charge in [-0.05, 0) is 41.8 Å². The standard InChI is InChI=1S/C20H22N2O4/c1-26-16-4-2-3-15(11-16)17-12-22(13-18(17)20(24)25)19(23)6-5-14-7-9-21-10-8-14/h2-4,7-11,17-18H,5-6,12-13H2,1H3,(H,24,25)/t17-,18+/m0/s1. The molecule has 6 nitrogen and oxygen atoms in total. The average molecular weight is 354 g/mol. The number of carbonyl (C=O) groups is 2. The molecule has 1 N–H and O–H groups in total. The van der Waals surface area contributed by atoms with E-state index in [-0.39, 0.29) is 18.4 Å².